The Morgan fingerprint density at radius 2 is 2.03 bits per heavy atom. The maximum absolute atomic E-state index is 13.1. The molecule has 0 spiro atoms. The maximum Gasteiger partial charge on any atom is 0.261 e. The van der Waals surface area contributed by atoms with Crippen LogP contribution in [-0.4, -0.2) is 37.3 Å². The number of thioether (sulfide) groups is 1. The number of para-hydroxylation sites is 1. The number of amides is 1. The van der Waals surface area contributed by atoms with Crippen LogP contribution in [0.1, 0.15) is 18.1 Å². The first-order valence-electron chi connectivity index (χ1n) is 9.49. The van der Waals surface area contributed by atoms with Gasteiger partial charge >= 0.3 is 0 Å². The predicted octanol–water partition coefficient (Wildman–Crippen LogP) is 3.66. The van der Waals surface area contributed by atoms with Crippen LogP contribution in [-0.2, 0) is 11.3 Å². The van der Waals surface area contributed by atoms with Crippen LogP contribution in [0, 0.1) is 13.8 Å². The Balaban J connectivity index is 1.64. The number of hydrogen-bond acceptors (Lipinski definition) is 5. The van der Waals surface area contributed by atoms with E-state index in [0.29, 0.717) is 16.1 Å². The van der Waals surface area contributed by atoms with E-state index >= 15 is 0 Å². The zero-order valence-corrected chi connectivity index (χ0v) is 17.4. The molecule has 1 aliphatic rings. The maximum atomic E-state index is 13.1. The van der Waals surface area contributed by atoms with Gasteiger partial charge in [0.1, 0.15) is 6.54 Å². The van der Waals surface area contributed by atoms with E-state index in [1.54, 1.807) is 34.9 Å². The van der Waals surface area contributed by atoms with Gasteiger partial charge in [0.15, 0.2) is 5.17 Å². The normalized spacial score (nSPS) is 18.0. The van der Waals surface area contributed by atoms with Gasteiger partial charge in [-0.05, 0) is 44.5 Å². The third-order valence-corrected chi connectivity index (χ3v) is 6.17. The van der Waals surface area contributed by atoms with Crippen molar-refractivity contribution in [3.63, 3.8) is 0 Å². The van der Waals surface area contributed by atoms with Crippen LogP contribution < -0.4 is 5.56 Å². The molecule has 1 amide bonds. The minimum atomic E-state index is -0.212. The van der Waals surface area contributed by atoms with Gasteiger partial charge in [0, 0.05) is 11.8 Å². The fourth-order valence-electron chi connectivity index (χ4n) is 3.44. The summed E-state index contributed by atoms with van der Waals surface area (Å²) in [6.45, 7) is 5.99. The van der Waals surface area contributed by atoms with E-state index in [9.17, 15) is 9.59 Å². The highest BCUT2D eigenvalue weighted by molar-refractivity contribution is 8.14. The number of amidine groups is 1. The molecule has 1 aliphatic heterocycles. The Bertz CT molecular complexity index is 1180. The quantitative estimate of drug-likeness (QED) is 0.666. The molecule has 2 heterocycles. The van der Waals surface area contributed by atoms with Crippen molar-refractivity contribution in [3.05, 3.63) is 70.3 Å². The fourth-order valence-corrected chi connectivity index (χ4v) is 4.56. The van der Waals surface area contributed by atoms with Crippen LogP contribution >= 0.6 is 11.8 Å². The van der Waals surface area contributed by atoms with Crippen molar-refractivity contribution >= 4 is 39.4 Å². The molecule has 1 atom stereocenters. The summed E-state index contributed by atoms with van der Waals surface area (Å²) in [6.07, 6.45) is 1.44. The molecule has 1 saturated heterocycles. The van der Waals surface area contributed by atoms with Crippen molar-refractivity contribution in [1.82, 2.24) is 14.5 Å². The zero-order chi connectivity index (χ0) is 20.5. The summed E-state index contributed by atoms with van der Waals surface area (Å²) in [5.41, 5.74) is 3.52. The zero-order valence-electron chi connectivity index (χ0n) is 16.6. The molecule has 29 heavy (non-hydrogen) atoms. The smallest absolute Gasteiger partial charge is 0.261 e. The highest BCUT2D eigenvalue weighted by Crippen LogP contribution is 2.29. The lowest BCUT2D eigenvalue weighted by Gasteiger charge is -2.21. The summed E-state index contributed by atoms with van der Waals surface area (Å²) in [5, 5.41) is 1.19. The monoisotopic (exact) mass is 406 g/mol. The molecule has 1 fully saturated rings. The van der Waals surface area contributed by atoms with Crippen LogP contribution in [0.25, 0.3) is 10.9 Å². The average Bonchev–Trinajstić information content (AvgIpc) is 3.06. The van der Waals surface area contributed by atoms with Gasteiger partial charge in [-0.1, -0.05) is 41.6 Å². The van der Waals surface area contributed by atoms with Gasteiger partial charge in [0.25, 0.3) is 5.56 Å². The third-order valence-electron chi connectivity index (χ3n) is 4.97. The Morgan fingerprint density at radius 1 is 1.24 bits per heavy atom. The van der Waals surface area contributed by atoms with Crippen molar-refractivity contribution < 1.29 is 4.79 Å². The molecule has 0 aliphatic carbocycles. The van der Waals surface area contributed by atoms with Crippen LogP contribution in [0.3, 0.4) is 0 Å². The molecule has 1 aromatic heterocycles. The number of benzene rings is 2. The summed E-state index contributed by atoms with van der Waals surface area (Å²) < 4.78 is 1.37. The highest BCUT2D eigenvalue weighted by Gasteiger charge is 2.32. The number of aryl methyl sites for hydroxylation is 2. The van der Waals surface area contributed by atoms with Gasteiger partial charge in [-0.3, -0.25) is 19.1 Å². The van der Waals surface area contributed by atoms with Gasteiger partial charge in [0.05, 0.1) is 22.9 Å². The molecule has 0 radical (unpaired) electrons. The average molecular weight is 407 g/mol. The third kappa shape index (κ3) is 3.82. The van der Waals surface area contributed by atoms with Crippen LogP contribution in [0.15, 0.2) is 58.6 Å². The summed E-state index contributed by atoms with van der Waals surface area (Å²) >= 11 is 1.56. The number of aliphatic imine (C=N–C) groups is 1. The summed E-state index contributed by atoms with van der Waals surface area (Å²) in [5.74, 6) is 0.616. The Hall–Kier alpha value is -2.93. The number of fused-ring (bicyclic) bond motifs is 1. The number of aromatic nitrogens is 2. The van der Waals surface area contributed by atoms with Gasteiger partial charge in [-0.2, -0.15) is 0 Å². The molecule has 0 bridgehead atoms. The van der Waals surface area contributed by atoms with E-state index in [1.165, 1.54) is 16.5 Å². The molecule has 0 N–H and O–H groups in total. The largest absolute Gasteiger partial charge is 0.289 e. The second-order valence-corrected chi connectivity index (χ2v) is 8.29. The first-order chi connectivity index (χ1) is 13.9. The molecule has 148 valence electrons. The molecule has 0 saturated carbocycles. The highest BCUT2D eigenvalue weighted by atomic mass is 32.2. The second kappa shape index (κ2) is 7.83. The Kier molecular flexibility index (Phi) is 5.24. The first kappa shape index (κ1) is 19.4. The van der Waals surface area contributed by atoms with Gasteiger partial charge in [-0.15, -0.1) is 0 Å². The molecule has 7 heteroatoms. The molecular weight excluding hydrogens is 384 g/mol. The van der Waals surface area contributed by atoms with Crippen molar-refractivity contribution in [3.8, 4) is 0 Å². The summed E-state index contributed by atoms with van der Waals surface area (Å²) in [6, 6.07) is 13.2. The van der Waals surface area contributed by atoms with Crippen molar-refractivity contribution in [2.24, 2.45) is 4.99 Å². The summed E-state index contributed by atoms with van der Waals surface area (Å²) in [7, 11) is 0. The molecule has 4 rings (SSSR count). The van der Waals surface area contributed by atoms with Crippen LogP contribution in [0.5, 0.6) is 0 Å². The molecule has 1 unspecified atom stereocenters. The van der Waals surface area contributed by atoms with Crippen molar-refractivity contribution in [2.75, 3.05) is 5.75 Å². The second-order valence-electron chi connectivity index (χ2n) is 7.30. The van der Waals surface area contributed by atoms with Crippen molar-refractivity contribution in [2.45, 2.75) is 33.4 Å². The van der Waals surface area contributed by atoms with E-state index in [2.05, 4.69) is 11.1 Å². The Labute approximate surface area is 173 Å². The van der Waals surface area contributed by atoms with Crippen LogP contribution in [0.2, 0.25) is 0 Å². The molecule has 6 nitrogen and oxygen atoms in total. The first-order valence-corrected chi connectivity index (χ1v) is 10.5. The number of carbonyl (C=O) groups excluding carboxylic acids is 1. The minimum absolute atomic E-state index is 0.0149. The number of nitrogens with zero attached hydrogens (tertiary/aromatic N) is 4. The van der Waals surface area contributed by atoms with E-state index in [0.717, 1.165) is 17.0 Å². The molecular formula is C22H22N4O2S. The van der Waals surface area contributed by atoms with Gasteiger partial charge in [0.2, 0.25) is 5.91 Å². The van der Waals surface area contributed by atoms with E-state index in [-0.39, 0.29) is 24.1 Å². The van der Waals surface area contributed by atoms with E-state index < -0.39 is 0 Å². The van der Waals surface area contributed by atoms with Gasteiger partial charge < -0.3 is 0 Å². The lowest BCUT2D eigenvalue weighted by molar-refractivity contribution is -0.128. The van der Waals surface area contributed by atoms with Crippen LogP contribution in [0.4, 0.5) is 5.69 Å². The van der Waals surface area contributed by atoms with E-state index in [1.807, 2.05) is 39.0 Å². The molecule has 3 aromatic rings. The number of carbonyl (C=O) groups is 1. The topological polar surface area (TPSA) is 67.6 Å². The Morgan fingerprint density at radius 3 is 2.83 bits per heavy atom. The predicted molar refractivity (Wildman–Crippen MR) is 118 cm³/mol. The van der Waals surface area contributed by atoms with Gasteiger partial charge in [-0.25, -0.2) is 9.98 Å². The lowest BCUT2D eigenvalue weighted by atomic mass is 10.1. The van der Waals surface area contributed by atoms with E-state index in [4.69, 9.17) is 4.99 Å². The summed E-state index contributed by atoms with van der Waals surface area (Å²) in [4.78, 5) is 36.6. The number of hydrogen-bond donors (Lipinski definition) is 0. The minimum Gasteiger partial charge on any atom is -0.289 e. The fraction of sp³-hybridized carbons (Fsp3) is 0.273. The number of rotatable bonds is 3. The lowest BCUT2D eigenvalue weighted by Crippen LogP contribution is -2.41. The van der Waals surface area contributed by atoms with Crippen molar-refractivity contribution in [1.29, 1.82) is 0 Å². The SMILES string of the molecule is Cc1ccc(N=C2SCC(C)N2C(=O)Cn2cnc3ccccc3c2=O)c(C)c1. The standard InChI is InChI=1S/C22H22N4O2S/c1-14-8-9-18(15(2)10-14)24-22-26(16(3)12-29-22)20(27)11-25-13-23-19-7-5-4-6-17(19)21(25)28/h4-10,13,16H,11-12H2,1-3H3. The molecule has 2 aromatic carbocycles.